The molecule has 0 fully saturated rings. The van der Waals surface area contributed by atoms with Crippen LogP contribution in [0.25, 0.3) is 0 Å². The fraction of sp³-hybridized carbons (Fsp3) is 0.167. The van der Waals surface area contributed by atoms with Crippen LogP contribution < -0.4 is 5.32 Å². The van der Waals surface area contributed by atoms with E-state index in [0.717, 1.165) is 6.08 Å². The molecule has 0 aliphatic heterocycles. The number of hydrogen-bond donors (Lipinski definition) is 1. The highest BCUT2D eigenvalue weighted by molar-refractivity contribution is 9.11. The quantitative estimate of drug-likeness (QED) is 0.453. The van der Waals surface area contributed by atoms with Crippen LogP contribution in [0.4, 0.5) is 5.69 Å². The van der Waals surface area contributed by atoms with E-state index in [1.165, 1.54) is 14.2 Å². The van der Waals surface area contributed by atoms with Crippen molar-refractivity contribution in [1.82, 2.24) is 0 Å². The summed E-state index contributed by atoms with van der Waals surface area (Å²) >= 11 is 12.5. The first-order valence-corrected chi connectivity index (χ1v) is 7.15. The Morgan fingerprint density at radius 1 is 1.20 bits per heavy atom. The van der Waals surface area contributed by atoms with Gasteiger partial charge in [0.2, 0.25) is 0 Å². The molecule has 20 heavy (non-hydrogen) atoms. The molecule has 1 aromatic rings. The molecule has 0 aliphatic rings. The molecule has 1 N–H and O–H groups in total. The van der Waals surface area contributed by atoms with E-state index in [2.05, 4.69) is 46.7 Å². The summed E-state index contributed by atoms with van der Waals surface area (Å²) in [5.74, 6) is -1.37. The van der Waals surface area contributed by atoms with E-state index < -0.39 is 11.9 Å². The van der Waals surface area contributed by atoms with Crippen molar-refractivity contribution in [3.05, 3.63) is 37.9 Å². The van der Waals surface area contributed by atoms with Gasteiger partial charge in [0.15, 0.2) is 0 Å². The number of carbonyl (C=O) groups is 2. The van der Waals surface area contributed by atoms with E-state index in [4.69, 9.17) is 11.6 Å². The second-order valence-electron chi connectivity index (χ2n) is 3.45. The number of anilines is 1. The predicted octanol–water partition coefficient (Wildman–Crippen LogP) is 3.51. The Bertz CT molecular complexity index is 552. The molecule has 8 heteroatoms. The van der Waals surface area contributed by atoms with Gasteiger partial charge in [0.25, 0.3) is 0 Å². The second kappa shape index (κ2) is 7.66. The number of rotatable bonds is 4. The normalized spacial score (nSPS) is 10.9. The van der Waals surface area contributed by atoms with Crippen LogP contribution in [0.3, 0.4) is 0 Å². The van der Waals surface area contributed by atoms with Gasteiger partial charge in [-0.1, -0.05) is 11.6 Å². The summed E-state index contributed by atoms with van der Waals surface area (Å²) in [5.41, 5.74) is 0.481. The third-order valence-corrected chi connectivity index (χ3v) is 4.25. The Morgan fingerprint density at radius 2 is 1.75 bits per heavy atom. The van der Waals surface area contributed by atoms with Crippen LogP contribution in [0.15, 0.2) is 32.9 Å². The second-order valence-corrected chi connectivity index (χ2v) is 5.54. The fourth-order valence-electron chi connectivity index (χ4n) is 1.22. The summed E-state index contributed by atoms with van der Waals surface area (Å²) in [7, 11) is 2.42. The molecule has 0 spiro atoms. The van der Waals surface area contributed by atoms with Gasteiger partial charge in [0, 0.05) is 14.6 Å². The van der Waals surface area contributed by atoms with Crippen molar-refractivity contribution in [2.75, 3.05) is 19.5 Å². The maximum Gasteiger partial charge on any atom is 0.354 e. The predicted molar refractivity (Wildman–Crippen MR) is 82.6 cm³/mol. The van der Waals surface area contributed by atoms with Crippen LogP contribution in [-0.2, 0) is 19.1 Å². The Balaban J connectivity index is 3.10. The molecule has 0 saturated heterocycles. The molecule has 0 bridgehead atoms. The maximum absolute atomic E-state index is 11.6. The molecule has 0 saturated carbocycles. The number of halogens is 3. The summed E-state index contributed by atoms with van der Waals surface area (Å²) in [6.07, 6.45) is 1.00. The maximum atomic E-state index is 11.6. The van der Waals surface area contributed by atoms with Crippen molar-refractivity contribution in [2.24, 2.45) is 0 Å². The molecule has 108 valence electrons. The summed E-state index contributed by atoms with van der Waals surface area (Å²) in [5, 5.41) is 3.26. The molecule has 0 aromatic heterocycles. The fourth-order valence-corrected chi connectivity index (χ4v) is 2.51. The molecule has 0 unspecified atom stereocenters. The van der Waals surface area contributed by atoms with Crippen LogP contribution in [0.2, 0.25) is 5.02 Å². The van der Waals surface area contributed by atoms with Crippen molar-refractivity contribution in [2.45, 2.75) is 0 Å². The summed E-state index contributed by atoms with van der Waals surface area (Å²) in [6, 6.07) is 3.31. The van der Waals surface area contributed by atoms with Crippen LogP contribution in [0, 0.1) is 0 Å². The molecule has 0 atom stereocenters. The van der Waals surface area contributed by atoms with Crippen molar-refractivity contribution in [3.63, 3.8) is 0 Å². The zero-order valence-electron chi connectivity index (χ0n) is 10.5. The Hall–Kier alpha value is -1.05. The first-order chi connectivity index (χ1) is 9.38. The number of ether oxygens (including phenoxy) is 2. The van der Waals surface area contributed by atoms with Gasteiger partial charge in [0.1, 0.15) is 5.70 Å². The standard InChI is InChI=1S/C12H10Br2ClNO4/c1-19-10(17)5-9(12(18)20-2)16-6-3-7(13)11(15)8(14)4-6/h3-5,16H,1-2H3/b9-5+. The molecule has 5 nitrogen and oxygen atoms in total. The number of nitrogens with one attached hydrogen (secondary N) is 1. The van der Waals surface area contributed by atoms with Gasteiger partial charge in [-0.2, -0.15) is 0 Å². The highest BCUT2D eigenvalue weighted by atomic mass is 79.9. The van der Waals surface area contributed by atoms with E-state index in [1.807, 2.05) is 0 Å². The largest absolute Gasteiger partial charge is 0.466 e. The number of carbonyl (C=O) groups excluding carboxylic acids is 2. The van der Waals surface area contributed by atoms with Gasteiger partial charge in [-0.3, -0.25) is 0 Å². The smallest absolute Gasteiger partial charge is 0.354 e. The molecule has 0 heterocycles. The van der Waals surface area contributed by atoms with Gasteiger partial charge >= 0.3 is 11.9 Å². The Kier molecular flexibility index (Phi) is 6.51. The van der Waals surface area contributed by atoms with Gasteiger partial charge in [-0.15, -0.1) is 0 Å². The number of hydrogen-bond acceptors (Lipinski definition) is 5. The van der Waals surface area contributed by atoms with Crippen LogP contribution in [0.1, 0.15) is 0 Å². The van der Waals surface area contributed by atoms with Crippen LogP contribution in [-0.4, -0.2) is 26.2 Å². The third kappa shape index (κ3) is 4.50. The summed E-state index contributed by atoms with van der Waals surface area (Å²) in [4.78, 5) is 22.8. The van der Waals surface area contributed by atoms with Crippen molar-refractivity contribution < 1.29 is 19.1 Å². The molecule has 0 amide bonds. The monoisotopic (exact) mass is 425 g/mol. The van der Waals surface area contributed by atoms with Gasteiger partial charge < -0.3 is 14.8 Å². The molecule has 1 rings (SSSR count). The zero-order valence-corrected chi connectivity index (χ0v) is 14.4. The molecule has 1 aromatic carbocycles. The lowest BCUT2D eigenvalue weighted by Crippen LogP contribution is -2.15. The molecule has 0 aliphatic carbocycles. The van der Waals surface area contributed by atoms with Crippen LogP contribution >= 0.6 is 43.5 Å². The zero-order chi connectivity index (χ0) is 15.3. The van der Waals surface area contributed by atoms with E-state index in [1.54, 1.807) is 12.1 Å². The van der Waals surface area contributed by atoms with E-state index in [0.29, 0.717) is 19.7 Å². The van der Waals surface area contributed by atoms with Gasteiger partial charge in [0.05, 0.1) is 25.3 Å². The van der Waals surface area contributed by atoms with Crippen molar-refractivity contribution in [1.29, 1.82) is 0 Å². The Labute approximate surface area is 137 Å². The minimum atomic E-state index is -0.697. The highest BCUT2D eigenvalue weighted by Crippen LogP contribution is 2.34. The lowest BCUT2D eigenvalue weighted by Gasteiger charge is -2.11. The van der Waals surface area contributed by atoms with Gasteiger partial charge in [-0.05, 0) is 44.0 Å². The summed E-state index contributed by atoms with van der Waals surface area (Å²) in [6.45, 7) is 0. The molecular formula is C12H10Br2ClNO4. The Morgan fingerprint density at radius 3 is 2.20 bits per heavy atom. The van der Waals surface area contributed by atoms with E-state index in [-0.39, 0.29) is 5.70 Å². The average molecular weight is 427 g/mol. The average Bonchev–Trinajstić information content (AvgIpc) is 2.42. The van der Waals surface area contributed by atoms with Gasteiger partial charge in [-0.25, -0.2) is 9.59 Å². The highest BCUT2D eigenvalue weighted by Gasteiger charge is 2.14. The van der Waals surface area contributed by atoms with E-state index in [9.17, 15) is 9.59 Å². The topological polar surface area (TPSA) is 64.6 Å². The number of benzene rings is 1. The number of esters is 2. The number of methoxy groups -OCH3 is 2. The molecular weight excluding hydrogens is 417 g/mol. The van der Waals surface area contributed by atoms with E-state index >= 15 is 0 Å². The first-order valence-electron chi connectivity index (χ1n) is 5.18. The van der Waals surface area contributed by atoms with Crippen LogP contribution in [0.5, 0.6) is 0 Å². The third-order valence-electron chi connectivity index (χ3n) is 2.13. The van der Waals surface area contributed by atoms with Crippen molar-refractivity contribution >= 4 is 61.1 Å². The molecule has 0 radical (unpaired) electrons. The summed E-state index contributed by atoms with van der Waals surface area (Å²) < 4.78 is 10.3. The first kappa shape index (κ1) is 17.0. The minimum Gasteiger partial charge on any atom is -0.466 e. The lowest BCUT2D eigenvalue weighted by molar-refractivity contribution is -0.138. The lowest BCUT2D eigenvalue weighted by atomic mass is 10.3. The minimum absolute atomic E-state index is 0.0551. The SMILES string of the molecule is COC(=O)/C=C(/Nc1cc(Br)c(Cl)c(Br)c1)C(=O)OC. The van der Waals surface area contributed by atoms with Crippen molar-refractivity contribution in [3.8, 4) is 0 Å².